The van der Waals surface area contributed by atoms with Crippen LogP contribution in [0.5, 0.6) is 0 Å². The maximum atomic E-state index is 4.44. The molecule has 3 rings (SSSR count). The molecule has 1 aliphatic rings. The van der Waals surface area contributed by atoms with Crippen molar-refractivity contribution in [3.63, 3.8) is 0 Å². The summed E-state index contributed by atoms with van der Waals surface area (Å²) in [6.45, 7) is 3.27. The Kier molecular flexibility index (Phi) is 5.25. The lowest BCUT2D eigenvalue weighted by Gasteiger charge is -2.26. The number of rotatable bonds is 6. The predicted molar refractivity (Wildman–Crippen MR) is 97.5 cm³/mol. The van der Waals surface area contributed by atoms with E-state index in [2.05, 4.69) is 50.0 Å². The highest BCUT2D eigenvalue weighted by Gasteiger charge is 2.26. The zero-order valence-electron chi connectivity index (χ0n) is 14.8. The highest BCUT2D eigenvalue weighted by Crippen LogP contribution is 2.22. The van der Waals surface area contributed by atoms with E-state index in [1.165, 1.54) is 12.1 Å². The van der Waals surface area contributed by atoms with Crippen molar-refractivity contribution >= 4 is 11.6 Å². The van der Waals surface area contributed by atoms with Crippen LogP contribution in [0.4, 0.5) is 11.6 Å². The number of hydrogen-bond donors (Lipinski definition) is 0. The largest absolute Gasteiger partial charge is 0.363 e. The monoisotopic (exact) mass is 326 g/mol. The van der Waals surface area contributed by atoms with E-state index >= 15 is 0 Å². The van der Waals surface area contributed by atoms with E-state index in [-0.39, 0.29) is 0 Å². The smallest absolute Gasteiger partial charge is 0.134 e. The molecule has 1 aliphatic heterocycles. The quantitative estimate of drug-likeness (QED) is 0.805. The van der Waals surface area contributed by atoms with Crippen LogP contribution in [0.3, 0.4) is 0 Å². The lowest BCUT2D eigenvalue weighted by atomic mass is 10.2. The van der Waals surface area contributed by atoms with E-state index < -0.39 is 0 Å². The van der Waals surface area contributed by atoms with Crippen molar-refractivity contribution in [3.8, 4) is 0 Å². The van der Waals surface area contributed by atoms with Crippen molar-refractivity contribution < 1.29 is 0 Å². The zero-order chi connectivity index (χ0) is 16.9. The Bertz CT molecular complexity index is 645. The van der Waals surface area contributed by atoms with Gasteiger partial charge in [0.05, 0.1) is 0 Å². The minimum absolute atomic E-state index is 0.499. The molecule has 1 atom stereocenters. The van der Waals surface area contributed by atoms with Crippen LogP contribution in [0.25, 0.3) is 0 Å². The molecule has 6 heteroatoms. The van der Waals surface area contributed by atoms with Crippen LogP contribution < -0.4 is 9.80 Å². The van der Waals surface area contributed by atoms with Crippen molar-refractivity contribution in [1.82, 2.24) is 19.9 Å². The van der Waals surface area contributed by atoms with Gasteiger partial charge in [-0.1, -0.05) is 6.07 Å². The number of hydrogen-bond acceptors (Lipinski definition) is 6. The number of likely N-dealkylation sites (tertiary alicyclic amines) is 1. The number of anilines is 2. The van der Waals surface area contributed by atoms with Crippen molar-refractivity contribution in [1.29, 1.82) is 0 Å². The molecular formula is C18H26N6. The Hall–Kier alpha value is -2.21. The predicted octanol–water partition coefficient (Wildman–Crippen LogP) is 1.69. The summed E-state index contributed by atoms with van der Waals surface area (Å²) < 4.78 is 0. The van der Waals surface area contributed by atoms with E-state index in [9.17, 15) is 0 Å². The molecule has 0 amide bonds. The van der Waals surface area contributed by atoms with E-state index in [0.717, 1.165) is 37.7 Å². The molecule has 1 unspecified atom stereocenters. The normalized spacial score (nSPS) is 17.9. The summed E-state index contributed by atoms with van der Waals surface area (Å²) in [7, 11) is 6.14. The fourth-order valence-electron chi connectivity index (χ4n) is 3.11. The molecule has 0 radical (unpaired) electrons. The van der Waals surface area contributed by atoms with Gasteiger partial charge in [-0.2, -0.15) is 0 Å². The topological polar surface area (TPSA) is 48.4 Å². The second-order valence-electron chi connectivity index (χ2n) is 6.55. The summed E-state index contributed by atoms with van der Waals surface area (Å²) in [5, 5.41) is 0. The number of nitrogens with zero attached hydrogens (tertiary/aromatic N) is 6. The third kappa shape index (κ3) is 4.00. The molecule has 0 saturated carbocycles. The SMILES string of the molecule is CN(C)c1cc(N(C)C2CCN(CCc3ccccn3)C2)ncn1. The molecule has 2 aromatic heterocycles. The van der Waals surface area contributed by atoms with Gasteiger partial charge in [-0.15, -0.1) is 0 Å². The lowest BCUT2D eigenvalue weighted by molar-refractivity contribution is 0.336. The third-order valence-electron chi connectivity index (χ3n) is 4.66. The van der Waals surface area contributed by atoms with Crippen molar-refractivity contribution in [2.45, 2.75) is 18.9 Å². The van der Waals surface area contributed by atoms with E-state index in [1.807, 2.05) is 31.3 Å². The summed E-state index contributed by atoms with van der Waals surface area (Å²) in [6.07, 6.45) is 5.69. The summed E-state index contributed by atoms with van der Waals surface area (Å²) >= 11 is 0. The minimum Gasteiger partial charge on any atom is -0.363 e. The van der Waals surface area contributed by atoms with Gasteiger partial charge in [0.1, 0.15) is 18.0 Å². The van der Waals surface area contributed by atoms with E-state index in [4.69, 9.17) is 0 Å². The number of aromatic nitrogens is 3. The number of likely N-dealkylation sites (N-methyl/N-ethyl adjacent to an activating group) is 1. The molecule has 2 aromatic rings. The molecule has 1 fully saturated rings. The summed E-state index contributed by atoms with van der Waals surface area (Å²) in [5.41, 5.74) is 1.17. The van der Waals surface area contributed by atoms with Crippen LogP contribution in [0.2, 0.25) is 0 Å². The average Bonchev–Trinajstić information content (AvgIpc) is 3.09. The maximum absolute atomic E-state index is 4.44. The number of pyridine rings is 1. The van der Waals surface area contributed by atoms with Crippen LogP contribution in [-0.4, -0.2) is 66.7 Å². The molecule has 0 N–H and O–H groups in total. The molecule has 1 saturated heterocycles. The highest BCUT2D eigenvalue weighted by molar-refractivity contribution is 5.49. The van der Waals surface area contributed by atoms with Gasteiger partial charge in [0.25, 0.3) is 0 Å². The van der Waals surface area contributed by atoms with E-state index in [1.54, 1.807) is 6.33 Å². The Balaban J connectivity index is 1.56. The second kappa shape index (κ2) is 7.57. The molecule has 0 spiro atoms. The Labute approximate surface area is 144 Å². The van der Waals surface area contributed by atoms with Gasteiger partial charge < -0.3 is 14.7 Å². The molecule has 24 heavy (non-hydrogen) atoms. The van der Waals surface area contributed by atoms with Crippen LogP contribution in [-0.2, 0) is 6.42 Å². The van der Waals surface area contributed by atoms with Gasteiger partial charge in [-0.25, -0.2) is 9.97 Å². The Morgan fingerprint density at radius 1 is 1.12 bits per heavy atom. The summed E-state index contributed by atoms with van der Waals surface area (Å²) in [4.78, 5) is 20.0. The molecule has 128 valence electrons. The summed E-state index contributed by atoms with van der Waals surface area (Å²) in [5.74, 6) is 1.93. The van der Waals surface area contributed by atoms with Gasteiger partial charge >= 0.3 is 0 Å². The van der Waals surface area contributed by atoms with Gasteiger partial charge in [0, 0.05) is 71.2 Å². The molecule has 0 aliphatic carbocycles. The second-order valence-corrected chi connectivity index (χ2v) is 6.55. The van der Waals surface area contributed by atoms with Gasteiger partial charge in [-0.3, -0.25) is 4.98 Å². The van der Waals surface area contributed by atoms with Gasteiger partial charge in [0.2, 0.25) is 0 Å². The molecule has 3 heterocycles. The fraction of sp³-hybridized carbons (Fsp3) is 0.500. The Morgan fingerprint density at radius 3 is 2.71 bits per heavy atom. The van der Waals surface area contributed by atoms with Gasteiger partial charge in [-0.05, 0) is 18.6 Å². The first-order valence-electron chi connectivity index (χ1n) is 8.48. The molecule has 0 aromatic carbocycles. The first kappa shape index (κ1) is 16.6. The maximum Gasteiger partial charge on any atom is 0.134 e. The lowest BCUT2D eigenvalue weighted by Crippen LogP contribution is -2.35. The van der Waals surface area contributed by atoms with Crippen LogP contribution in [0, 0.1) is 0 Å². The minimum atomic E-state index is 0.499. The van der Waals surface area contributed by atoms with Crippen molar-refractivity contribution in [3.05, 3.63) is 42.5 Å². The third-order valence-corrected chi connectivity index (χ3v) is 4.66. The first-order chi connectivity index (χ1) is 11.6. The van der Waals surface area contributed by atoms with Crippen LogP contribution in [0.1, 0.15) is 12.1 Å². The fourth-order valence-corrected chi connectivity index (χ4v) is 3.11. The van der Waals surface area contributed by atoms with Crippen molar-refractivity contribution in [2.75, 3.05) is 50.6 Å². The van der Waals surface area contributed by atoms with Crippen molar-refractivity contribution in [2.24, 2.45) is 0 Å². The zero-order valence-corrected chi connectivity index (χ0v) is 14.8. The summed E-state index contributed by atoms with van der Waals surface area (Å²) in [6, 6.07) is 8.67. The first-order valence-corrected chi connectivity index (χ1v) is 8.48. The van der Waals surface area contributed by atoms with Crippen LogP contribution in [0.15, 0.2) is 36.8 Å². The molecule has 6 nitrogen and oxygen atoms in total. The van der Waals surface area contributed by atoms with Gasteiger partial charge in [0.15, 0.2) is 0 Å². The molecular weight excluding hydrogens is 300 g/mol. The average molecular weight is 326 g/mol. The highest BCUT2D eigenvalue weighted by atomic mass is 15.3. The van der Waals surface area contributed by atoms with Crippen LogP contribution >= 0.6 is 0 Å². The molecule has 0 bridgehead atoms. The Morgan fingerprint density at radius 2 is 1.96 bits per heavy atom. The standard InChI is InChI=1S/C18H26N6/c1-22(2)17-12-18(21-14-20-17)23(3)16-8-11-24(13-16)10-7-15-6-4-5-9-19-15/h4-6,9,12,14,16H,7-8,10-11,13H2,1-3H3. The van der Waals surface area contributed by atoms with E-state index in [0.29, 0.717) is 6.04 Å².